The minimum absolute atomic E-state index is 0.0760. The van der Waals surface area contributed by atoms with Crippen molar-refractivity contribution in [2.24, 2.45) is 0 Å². The lowest BCUT2D eigenvalue weighted by Crippen LogP contribution is -2.28. The van der Waals surface area contributed by atoms with Gasteiger partial charge in [-0.25, -0.2) is 0 Å². The first kappa shape index (κ1) is 16.1. The molecule has 0 aliphatic carbocycles. The van der Waals surface area contributed by atoms with Crippen molar-refractivity contribution in [2.45, 2.75) is 26.3 Å². The fourth-order valence-corrected chi connectivity index (χ4v) is 2.88. The zero-order chi connectivity index (χ0) is 17.1. The Bertz CT molecular complexity index is 850. The van der Waals surface area contributed by atoms with E-state index in [1.54, 1.807) is 4.90 Å². The Kier molecular flexibility index (Phi) is 4.56. The predicted molar refractivity (Wildman–Crippen MR) is 96.6 cm³/mol. The van der Waals surface area contributed by atoms with Gasteiger partial charge < -0.3 is 15.1 Å². The van der Waals surface area contributed by atoms with Crippen LogP contribution in [0, 0.1) is 0 Å². The lowest BCUT2D eigenvalue weighted by molar-refractivity contribution is -0.129. The maximum atomic E-state index is 12.5. The third-order valence-electron chi connectivity index (χ3n) is 4.26. The van der Waals surface area contributed by atoms with E-state index in [9.17, 15) is 4.79 Å². The van der Waals surface area contributed by atoms with Crippen molar-refractivity contribution in [3.63, 3.8) is 0 Å². The summed E-state index contributed by atoms with van der Waals surface area (Å²) in [5.74, 6) is 1.02. The number of furan rings is 1. The van der Waals surface area contributed by atoms with Crippen molar-refractivity contribution in [3.05, 3.63) is 65.4 Å². The van der Waals surface area contributed by atoms with Crippen molar-refractivity contribution in [2.75, 3.05) is 12.8 Å². The summed E-state index contributed by atoms with van der Waals surface area (Å²) in [6.45, 7) is 2.62. The van der Waals surface area contributed by atoms with Crippen LogP contribution in [0.3, 0.4) is 0 Å². The second-order valence-corrected chi connectivity index (χ2v) is 6.02. The molecule has 1 amide bonds. The first-order chi connectivity index (χ1) is 11.6. The van der Waals surface area contributed by atoms with E-state index in [0.29, 0.717) is 18.7 Å². The van der Waals surface area contributed by atoms with Gasteiger partial charge in [-0.2, -0.15) is 0 Å². The molecule has 124 valence electrons. The average molecular weight is 322 g/mol. The maximum Gasteiger partial charge on any atom is 0.227 e. The van der Waals surface area contributed by atoms with Crippen LogP contribution in [0.15, 0.2) is 52.9 Å². The molecule has 1 aromatic heterocycles. The normalized spacial score (nSPS) is 10.9. The van der Waals surface area contributed by atoms with Crippen molar-refractivity contribution in [1.82, 2.24) is 4.90 Å². The number of para-hydroxylation sites is 1. The first-order valence-corrected chi connectivity index (χ1v) is 8.16. The van der Waals surface area contributed by atoms with E-state index in [2.05, 4.69) is 6.92 Å². The molecular weight excluding hydrogens is 300 g/mol. The Hall–Kier alpha value is -2.75. The quantitative estimate of drug-likeness (QED) is 0.727. The van der Waals surface area contributed by atoms with Gasteiger partial charge in [0.2, 0.25) is 5.91 Å². The van der Waals surface area contributed by atoms with Gasteiger partial charge in [-0.1, -0.05) is 37.3 Å². The van der Waals surface area contributed by atoms with E-state index in [0.717, 1.165) is 34.3 Å². The van der Waals surface area contributed by atoms with Crippen LogP contribution in [0.5, 0.6) is 0 Å². The summed E-state index contributed by atoms with van der Waals surface area (Å²) in [6.07, 6.45) is 1.18. The molecule has 4 nitrogen and oxygen atoms in total. The van der Waals surface area contributed by atoms with Crippen LogP contribution in [-0.4, -0.2) is 17.9 Å². The molecule has 0 atom stereocenters. The summed E-state index contributed by atoms with van der Waals surface area (Å²) < 4.78 is 5.91. The third-order valence-corrected chi connectivity index (χ3v) is 4.26. The molecule has 2 aromatic carbocycles. The van der Waals surface area contributed by atoms with E-state index < -0.39 is 0 Å². The van der Waals surface area contributed by atoms with Gasteiger partial charge in [0.1, 0.15) is 11.3 Å². The molecule has 0 aliphatic rings. The molecule has 3 aromatic rings. The van der Waals surface area contributed by atoms with Gasteiger partial charge in [-0.15, -0.1) is 0 Å². The number of carbonyl (C=O) groups is 1. The summed E-state index contributed by atoms with van der Waals surface area (Å²) >= 11 is 0. The molecule has 4 heteroatoms. The zero-order valence-electron chi connectivity index (χ0n) is 14.1. The summed E-state index contributed by atoms with van der Waals surface area (Å²) in [5, 5.41) is 1.08. The summed E-state index contributed by atoms with van der Waals surface area (Å²) in [4.78, 5) is 14.3. The Morgan fingerprint density at radius 3 is 2.54 bits per heavy atom. The van der Waals surface area contributed by atoms with Crippen LogP contribution in [0.4, 0.5) is 5.69 Å². The van der Waals surface area contributed by atoms with E-state index in [1.807, 2.05) is 55.6 Å². The van der Waals surface area contributed by atoms with Crippen molar-refractivity contribution < 1.29 is 9.21 Å². The highest BCUT2D eigenvalue weighted by molar-refractivity contribution is 5.83. The van der Waals surface area contributed by atoms with E-state index >= 15 is 0 Å². The molecule has 0 radical (unpaired) electrons. The number of amides is 1. The molecule has 24 heavy (non-hydrogen) atoms. The number of likely N-dealkylation sites (N-methyl/N-ethyl adjacent to an activating group) is 1. The van der Waals surface area contributed by atoms with Crippen molar-refractivity contribution in [3.8, 4) is 0 Å². The number of anilines is 1. The molecule has 0 aliphatic heterocycles. The number of carbonyl (C=O) groups excluding carboxylic acids is 1. The average Bonchev–Trinajstić information content (AvgIpc) is 2.94. The van der Waals surface area contributed by atoms with Crippen LogP contribution in [0.2, 0.25) is 0 Å². The largest absolute Gasteiger partial charge is 0.461 e. The second-order valence-electron chi connectivity index (χ2n) is 6.02. The van der Waals surface area contributed by atoms with E-state index in [-0.39, 0.29) is 5.91 Å². The standard InChI is InChI=1S/C20H22N2O2/c1-3-18-17(16-6-4-5-7-19(16)24-18)13-22(2)20(23)12-14-8-10-15(21)11-9-14/h4-11H,3,12-13,21H2,1-2H3. The van der Waals surface area contributed by atoms with Crippen LogP contribution < -0.4 is 5.73 Å². The molecule has 3 rings (SSSR count). The minimum Gasteiger partial charge on any atom is -0.461 e. The molecule has 0 saturated carbocycles. The highest BCUT2D eigenvalue weighted by Crippen LogP contribution is 2.27. The number of benzene rings is 2. The molecule has 0 unspecified atom stereocenters. The van der Waals surface area contributed by atoms with Crippen LogP contribution in [0.25, 0.3) is 11.0 Å². The highest BCUT2D eigenvalue weighted by Gasteiger charge is 2.17. The third kappa shape index (κ3) is 3.27. The number of fused-ring (bicyclic) bond motifs is 1. The van der Waals surface area contributed by atoms with Crippen LogP contribution >= 0.6 is 0 Å². The fraction of sp³-hybridized carbons (Fsp3) is 0.250. The molecule has 0 saturated heterocycles. The van der Waals surface area contributed by atoms with Crippen LogP contribution in [0.1, 0.15) is 23.8 Å². The number of hydrogen-bond donors (Lipinski definition) is 1. The Morgan fingerprint density at radius 2 is 1.83 bits per heavy atom. The first-order valence-electron chi connectivity index (χ1n) is 8.16. The molecule has 0 fully saturated rings. The Balaban J connectivity index is 1.77. The molecule has 1 heterocycles. The minimum atomic E-state index is 0.0760. The van der Waals surface area contributed by atoms with Gasteiger partial charge >= 0.3 is 0 Å². The number of rotatable bonds is 5. The lowest BCUT2D eigenvalue weighted by Gasteiger charge is -2.17. The number of aryl methyl sites for hydroxylation is 1. The van der Waals surface area contributed by atoms with Gasteiger partial charge in [0.25, 0.3) is 0 Å². The highest BCUT2D eigenvalue weighted by atomic mass is 16.3. The summed E-state index contributed by atoms with van der Waals surface area (Å²) in [7, 11) is 1.83. The maximum absolute atomic E-state index is 12.5. The second kappa shape index (κ2) is 6.79. The molecular formula is C20H22N2O2. The van der Waals surface area contributed by atoms with Gasteiger partial charge in [0.05, 0.1) is 6.42 Å². The molecule has 0 spiro atoms. The van der Waals surface area contributed by atoms with Gasteiger partial charge in [-0.05, 0) is 23.8 Å². The number of nitrogens with two attached hydrogens (primary N) is 1. The predicted octanol–water partition coefficient (Wildman–Crippen LogP) is 3.78. The van der Waals surface area contributed by atoms with E-state index in [1.165, 1.54) is 0 Å². The topological polar surface area (TPSA) is 59.5 Å². The van der Waals surface area contributed by atoms with E-state index in [4.69, 9.17) is 10.2 Å². The Labute approximate surface area is 141 Å². The Morgan fingerprint density at radius 1 is 1.12 bits per heavy atom. The number of hydrogen-bond acceptors (Lipinski definition) is 3. The SMILES string of the molecule is CCc1oc2ccccc2c1CN(C)C(=O)Cc1ccc(N)cc1. The van der Waals surface area contributed by atoms with Gasteiger partial charge in [0.15, 0.2) is 0 Å². The zero-order valence-corrected chi connectivity index (χ0v) is 14.1. The number of nitrogens with zero attached hydrogens (tertiary/aromatic N) is 1. The van der Waals surface area contributed by atoms with Gasteiger partial charge in [0, 0.05) is 36.7 Å². The van der Waals surface area contributed by atoms with Crippen LogP contribution in [-0.2, 0) is 24.2 Å². The van der Waals surface area contributed by atoms with Gasteiger partial charge in [-0.3, -0.25) is 4.79 Å². The lowest BCUT2D eigenvalue weighted by atomic mass is 10.1. The fourth-order valence-electron chi connectivity index (χ4n) is 2.88. The molecule has 0 bridgehead atoms. The summed E-state index contributed by atoms with van der Waals surface area (Å²) in [6, 6.07) is 15.4. The van der Waals surface area contributed by atoms with Crippen molar-refractivity contribution in [1.29, 1.82) is 0 Å². The number of nitrogen functional groups attached to an aromatic ring is 1. The monoisotopic (exact) mass is 322 g/mol. The molecule has 2 N–H and O–H groups in total. The smallest absolute Gasteiger partial charge is 0.227 e. The van der Waals surface area contributed by atoms with Crippen molar-refractivity contribution >= 4 is 22.6 Å². The summed E-state index contributed by atoms with van der Waals surface area (Å²) in [5.41, 5.74) is 9.34.